The predicted molar refractivity (Wildman–Crippen MR) is 82.5 cm³/mol. The second-order valence-corrected chi connectivity index (χ2v) is 7.58. The molecule has 1 aromatic carbocycles. The number of alkyl halides is 1. The van der Waals surface area contributed by atoms with E-state index in [-0.39, 0.29) is 12.1 Å². The molecule has 1 aromatic rings. The van der Waals surface area contributed by atoms with Gasteiger partial charge in [-0.2, -0.15) is 4.31 Å². The summed E-state index contributed by atoms with van der Waals surface area (Å²) < 4.78 is 27.7. The minimum Gasteiger partial charge on any atom is -0.207 e. The van der Waals surface area contributed by atoms with Gasteiger partial charge in [0.15, 0.2) is 0 Å². The lowest BCUT2D eigenvalue weighted by Gasteiger charge is -2.28. The maximum atomic E-state index is 13.0. The van der Waals surface area contributed by atoms with Crippen molar-refractivity contribution in [2.75, 3.05) is 0 Å². The van der Waals surface area contributed by atoms with E-state index in [2.05, 4.69) is 0 Å². The van der Waals surface area contributed by atoms with E-state index in [0.29, 0.717) is 10.8 Å². The van der Waals surface area contributed by atoms with Crippen LogP contribution < -0.4 is 0 Å². The van der Waals surface area contributed by atoms with Gasteiger partial charge in [0, 0.05) is 18.0 Å². The minimum atomic E-state index is -3.44. The van der Waals surface area contributed by atoms with Crippen LogP contribution in [-0.2, 0) is 15.9 Å². The first kappa shape index (κ1) is 15.8. The molecule has 1 heterocycles. The normalized spacial score (nSPS) is 24.2. The second kappa shape index (κ2) is 6.04. The number of hydrogen-bond acceptors (Lipinski definition) is 2. The molecule has 0 radical (unpaired) electrons. The molecule has 20 heavy (non-hydrogen) atoms. The Kier molecular flexibility index (Phi) is 4.77. The lowest BCUT2D eigenvalue weighted by Crippen LogP contribution is -2.39. The number of halogens is 1. The molecule has 0 aliphatic carbocycles. The van der Waals surface area contributed by atoms with Gasteiger partial charge in [0.2, 0.25) is 10.0 Å². The summed E-state index contributed by atoms with van der Waals surface area (Å²) in [6, 6.07) is 5.54. The zero-order valence-corrected chi connectivity index (χ0v) is 13.8. The molecular weight excluding hydrogens is 294 g/mol. The average Bonchev–Trinajstić information content (AvgIpc) is 2.80. The fourth-order valence-corrected chi connectivity index (χ4v) is 5.57. The van der Waals surface area contributed by atoms with Crippen LogP contribution in [-0.4, -0.2) is 24.8 Å². The third kappa shape index (κ3) is 2.61. The van der Waals surface area contributed by atoms with E-state index in [1.165, 1.54) is 0 Å². The largest absolute Gasteiger partial charge is 0.243 e. The second-order valence-electron chi connectivity index (χ2n) is 5.50. The number of rotatable bonds is 4. The van der Waals surface area contributed by atoms with Crippen LogP contribution in [0.3, 0.4) is 0 Å². The molecule has 2 atom stereocenters. The van der Waals surface area contributed by atoms with Gasteiger partial charge in [-0.25, -0.2) is 8.42 Å². The lowest BCUT2D eigenvalue weighted by molar-refractivity contribution is 0.328. The lowest BCUT2D eigenvalue weighted by atomic mass is 10.1. The van der Waals surface area contributed by atoms with Crippen molar-refractivity contribution in [2.45, 2.75) is 62.9 Å². The maximum absolute atomic E-state index is 13.0. The van der Waals surface area contributed by atoms with Crippen LogP contribution in [0, 0.1) is 6.92 Å². The van der Waals surface area contributed by atoms with Gasteiger partial charge in [-0.05, 0) is 50.3 Å². The van der Waals surface area contributed by atoms with Gasteiger partial charge >= 0.3 is 0 Å². The topological polar surface area (TPSA) is 37.4 Å². The fourth-order valence-electron chi connectivity index (χ4n) is 3.06. The highest BCUT2D eigenvalue weighted by Crippen LogP contribution is 2.34. The highest BCUT2D eigenvalue weighted by atomic mass is 35.5. The number of nitrogens with zero attached hydrogens (tertiary/aromatic N) is 1. The van der Waals surface area contributed by atoms with Gasteiger partial charge < -0.3 is 0 Å². The summed E-state index contributed by atoms with van der Waals surface area (Å²) >= 11 is 5.89. The number of benzene rings is 1. The van der Waals surface area contributed by atoms with Crippen LogP contribution in [0.4, 0.5) is 0 Å². The van der Waals surface area contributed by atoms with Gasteiger partial charge in [-0.3, -0.25) is 0 Å². The number of sulfonamides is 1. The predicted octanol–water partition coefficient (Wildman–Crippen LogP) is 3.69. The summed E-state index contributed by atoms with van der Waals surface area (Å²) in [5.74, 6) is 0.335. The third-order valence-electron chi connectivity index (χ3n) is 4.28. The molecule has 2 rings (SSSR count). The molecule has 1 fully saturated rings. The third-order valence-corrected chi connectivity index (χ3v) is 6.78. The molecular formula is C15H22ClNO2S. The highest BCUT2D eigenvalue weighted by molar-refractivity contribution is 7.89. The van der Waals surface area contributed by atoms with Crippen molar-refractivity contribution >= 4 is 21.6 Å². The Morgan fingerprint density at radius 1 is 1.35 bits per heavy atom. The zero-order valence-electron chi connectivity index (χ0n) is 12.3. The Balaban J connectivity index is 2.50. The van der Waals surface area contributed by atoms with Crippen molar-refractivity contribution in [2.24, 2.45) is 0 Å². The van der Waals surface area contributed by atoms with Gasteiger partial charge in [0.05, 0.1) is 4.90 Å². The Bertz CT molecular complexity index is 586. The molecule has 3 nitrogen and oxygen atoms in total. The molecule has 0 aromatic heterocycles. The van der Waals surface area contributed by atoms with Gasteiger partial charge in [0.1, 0.15) is 0 Å². The SMILES string of the molecule is CCC1CCC(C)N1S(=O)(=O)c1cccc(CCl)c1C. The van der Waals surface area contributed by atoms with Crippen molar-refractivity contribution in [1.29, 1.82) is 0 Å². The Morgan fingerprint density at radius 3 is 2.65 bits per heavy atom. The molecule has 0 amide bonds. The molecule has 1 saturated heterocycles. The van der Waals surface area contributed by atoms with Crippen LogP contribution in [0.15, 0.2) is 23.1 Å². The van der Waals surface area contributed by atoms with Crippen LogP contribution in [0.25, 0.3) is 0 Å². The van der Waals surface area contributed by atoms with E-state index in [4.69, 9.17) is 11.6 Å². The van der Waals surface area contributed by atoms with Crippen molar-refractivity contribution in [1.82, 2.24) is 4.31 Å². The first-order valence-corrected chi connectivity index (χ1v) is 9.09. The number of hydrogen-bond donors (Lipinski definition) is 0. The molecule has 0 N–H and O–H groups in total. The summed E-state index contributed by atoms with van der Waals surface area (Å²) in [4.78, 5) is 0.405. The van der Waals surface area contributed by atoms with Gasteiger partial charge in [-0.15, -0.1) is 11.6 Å². The van der Waals surface area contributed by atoms with Crippen molar-refractivity contribution in [3.05, 3.63) is 29.3 Å². The van der Waals surface area contributed by atoms with E-state index >= 15 is 0 Å². The molecule has 1 aliphatic rings. The first-order valence-electron chi connectivity index (χ1n) is 7.11. The quantitative estimate of drug-likeness (QED) is 0.795. The highest BCUT2D eigenvalue weighted by Gasteiger charge is 2.39. The molecule has 5 heteroatoms. The van der Waals surface area contributed by atoms with E-state index in [9.17, 15) is 8.42 Å². The molecule has 0 spiro atoms. The smallest absolute Gasteiger partial charge is 0.207 e. The summed E-state index contributed by atoms with van der Waals surface area (Å²) in [6.07, 6.45) is 2.74. The first-order chi connectivity index (χ1) is 9.43. The standard InChI is InChI=1S/C15H22ClNO2S/c1-4-14-9-8-11(2)17(14)20(18,19)15-7-5-6-13(10-16)12(15)3/h5-7,11,14H,4,8-10H2,1-3H3. The molecule has 0 bridgehead atoms. The van der Waals surface area contributed by atoms with Crippen LogP contribution in [0.1, 0.15) is 44.2 Å². The van der Waals surface area contributed by atoms with Gasteiger partial charge in [0.25, 0.3) is 0 Å². The molecule has 0 saturated carbocycles. The van der Waals surface area contributed by atoms with Gasteiger partial charge in [-0.1, -0.05) is 19.1 Å². The monoisotopic (exact) mass is 315 g/mol. The molecule has 1 aliphatic heterocycles. The summed E-state index contributed by atoms with van der Waals surface area (Å²) in [5.41, 5.74) is 1.66. The zero-order chi connectivity index (χ0) is 14.9. The van der Waals surface area contributed by atoms with E-state index in [0.717, 1.165) is 30.4 Å². The fraction of sp³-hybridized carbons (Fsp3) is 0.600. The van der Waals surface area contributed by atoms with Crippen LogP contribution in [0.5, 0.6) is 0 Å². The summed E-state index contributed by atoms with van der Waals surface area (Å²) in [6.45, 7) is 5.88. The van der Waals surface area contributed by atoms with Crippen LogP contribution in [0.2, 0.25) is 0 Å². The maximum Gasteiger partial charge on any atom is 0.243 e. The Labute approximate surface area is 127 Å². The van der Waals surface area contributed by atoms with E-state index < -0.39 is 10.0 Å². The molecule has 112 valence electrons. The van der Waals surface area contributed by atoms with Crippen molar-refractivity contribution in [3.8, 4) is 0 Å². The Hall–Kier alpha value is -0.580. The summed E-state index contributed by atoms with van der Waals surface area (Å²) in [7, 11) is -3.44. The average molecular weight is 316 g/mol. The van der Waals surface area contributed by atoms with E-state index in [1.807, 2.05) is 26.8 Å². The Morgan fingerprint density at radius 2 is 2.05 bits per heavy atom. The van der Waals surface area contributed by atoms with Crippen LogP contribution >= 0.6 is 11.6 Å². The summed E-state index contributed by atoms with van der Waals surface area (Å²) in [5, 5.41) is 0. The van der Waals surface area contributed by atoms with Crippen molar-refractivity contribution in [3.63, 3.8) is 0 Å². The molecule has 2 unspecified atom stereocenters. The minimum absolute atomic E-state index is 0.0732. The van der Waals surface area contributed by atoms with E-state index in [1.54, 1.807) is 16.4 Å². The van der Waals surface area contributed by atoms with Crippen molar-refractivity contribution < 1.29 is 8.42 Å².